The number of hydrogen-bond donors (Lipinski definition) is 0. The second-order valence-electron chi connectivity index (χ2n) is 10.7. The third-order valence-corrected chi connectivity index (χ3v) is 7.86. The molecule has 4 rings (SSSR count). The highest BCUT2D eigenvalue weighted by molar-refractivity contribution is 5.94. The molecule has 0 unspecified atom stereocenters. The molecule has 1 saturated heterocycles. The van der Waals surface area contributed by atoms with Crippen LogP contribution in [0.1, 0.15) is 76.8 Å². The maximum atomic E-state index is 13.4. The fraction of sp³-hybridized carbons (Fsp3) is 0.714. The molecule has 2 aliphatic heterocycles. The van der Waals surface area contributed by atoms with Gasteiger partial charge in [-0.25, -0.2) is 4.79 Å². The van der Waals surface area contributed by atoms with Gasteiger partial charge in [-0.15, -0.1) is 12.4 Å². The normalized spacial score (nSPS) is 23.1. The van der Waals surface area contributed by atoms with Crippen molar-refractivity contribution in [3.63, 3.8) is 0 Å². The molecule has 2 heterocycles. The van der Waals surface area contributed by atoms with Crippen molar-refractivity contribution in [2.75, 3.05) is 37.6 Å². The van der Waals surface area contributed by atoms with Crippen LogP contribution in [0, 0.1) is 5.92 Å². The van der Waals surface area contributed by atoms with Gasteiger partial charge in [0.25, 0.3) is 0 Å². The highest BCUT2D eigenvalue weighted by Crippen LogP contribution is 2.34. The Kier molecular flexibility index (Phi) is 10.3. The molecule has 1 saturated carbocycles. The topological polar surface area (TPSA) is 53.1 Å². The molecule has 0 radical (unpaired) electrons. The van der Waals surface area contributed by atoms with E-state index in [1.807, 2.05) is 18.7 Å². The number of urea groups is 1. The van der Waals surface area contributed by atoms with Crippen molar-refractivity contribution < 1.29 is 14.3 Å². The summed E-state index contributed by atoms with van der Waals surface area (Å²) in [6, 6.07) is 7.19. The van der Waals surface area contributed by atoms with E-state index in [1.54, 1.807) is 0 Å². The third kappa shape index (κ3) is 7.13. The Morgan fingerprint density at radius 2 is 1.74 bits per heavy atom. The summed E-state index contributed by atoms with van der Waals surface area (Å²) in [5.41, 5.74) is 3.92. The van der Waals surface area contributed by atoms with Crippen molar-refractivity contribution in [1.82, 2.24) is 9.80 Å². The number of carbonyl (C=O) groups excluding carboxylic acids is 2. The van der Waals surface area contributed by atoms with Crippen LogP contribution in [0.2, 0.25) is 0 Å². The van der Waals surface area contributed by atoms with Crippen LogP contribution in [0.25, 0.3) is 0 Å². The first-order chi connectivity index (χ1) is 16.4. The second-order valence-corrected chi connectivity index (χ2v) is 10.7. The number of amides is 2. The maximum Gasteiger partial charge on any atom is 0.324 e. The Balaban J connectivity index is 0.00000342. The minimum Gasteiger partial charge on any atom is -0.463 e. The van der Waals surface area contributed by atoms with E-state index in [2.05, 4.69) is 34.9 Å². The summed E-state index contributed by atoms with van der Waals surface area (Å²) in [6.07, 6.45) is 9.03. The monoisotopic (exact) mass is 505 g/mol. The van der Waals surface area contributed by atoms with E-state index in [4.69, 9.17) is 4.74 Å². The molecule has 0 atom stereocenters. The molecular formula is C28H44ClN3O3. The Morgan fingerprint density at radius 1 is 1.03 bits per heavy atom. The zero-order valence-electron chi connectivity index (χ0n) is 21.8. The Labute approximate surface area is 217 Å². The molecule has 6 nitrogen and oxygen atoms in total. The summed E-state index contributed by atoms with van der Waals surface area (Å²) in [4.78, 5) is 31.9. The zero-order chi connectivity index (χ0) is 24.1. The quantitative estimate of drug-likeness (QED) is 0.441. The number of anilines is 1. The van der Waals surface area contributed by atoms with E-state index in [0.29, 0.717) is 18.4 Å². The van der Waals surface area contributed by atoms with Crippen LogP contribution in [0.15, 0.2) is 18.2 Å². The van der Waals surface area contributed by atoms with Gasteiger partial charge in [-0.3, -0.25) is 9.69 Å². The molecule has 1 aromatic rings. The van der Waals surface area contributed by atoms with Crippen LogP contribution >= 0.6 is 12.4 Å². The number of nitrogens with zero attached hydrogens (tertiary/aromatic N) is 3. The molecule has 0 N–H and O–H groups in total. The molecule has 35 heavy (non-hydrogen) atoms. The fourth-order valence-electron chi connectivity index (χ4n) is 5.99. The van der Waals surface area contributed by atoms with Gasteiger partial charge in [-0.1, -0.05) is 13.0 Å². The van der Waals surface area contributed by atoms with Gasteiger partial charge in [0.1, 0.15) is 0 Å². The van der Waals surface area contributed by atoms with Crippen molar-refractivity contribution in [3.05, 3.63) is 29.3 Å². The van der Waals surface area contributed by atoms with Crippen molar-refractivity contribution in [2.45, 2.75) is 90.7 Å². The Morgan fingerprint density at radius 3 is 2.43 bits per heavy atom. The fourth-order valence-corrected chi connectivity index (χ4v) is 5.99. The molecule has 0 bridgehead atoms. The molecule has 196 valence electrons. The van der Waals surface area contributed by atoms with E-state index in [1.165, 1.54) is 24.1 Å². The summed E-state index contributed by atoms with van der Waals surface area (Å²) in [6.45, 7) is 11.1. The molecule has 0 aromatic heterocycles. The van der Waals surface area contributed by atoms with Crippen LogP contribution in [0.5, 0.6) is 0 Å². The van der Waals surface area contributed by atoms with Crippen LogP contribution < -0.4 is 4.90 Å². The lowest BCUT2D eigenvalue weighted by molar-refractivity contribution is -0.147. The summed E-state index contributed by atoms with van der Waals surface area (Å²) >= 11 is 0. The Bertz CT molecular complexity index is 854. The first kappa shape index (κ1) is 27.8. The molecule has 7 heteroatoms. The number of ether oxygens (including phenoxy) is 1. The Hall–Kier alpha value is -1.79. The largest absolute Gasteiger partial charge is 0.463 e. The maximum absolute atomic E-state index is 13.4. The van der Waals surface area contributed by atoms with Crippen LogP contribution in [0.4, 0.5) is 10.5 Å². The first-order valence-electron chi connectivity index (χ1n) is 13.6. The van der Waals surface area contributed by atoms with Crippen molar-refractivity contribution in [3.8, 4) is 0 Å². The summed E-state index contributed by atoms with van der Waals surface area (Å²) in [5.74, 6) is 0.489. The number of hydrogen-bond acceptors (Lipinski definition) is 4. The van der Waals surface area contributed by atoms with Gasteiger partial charge in [0.2, 0.25) is 0 Å². The predicted octanol–water partition coefficient (Wildman–Crippen LogP) is 5.45. The molecule has 1 aromatic carbocycles. The molecular weight excluding hydrogens is 462 g/mol. The molecule has 2 fully saturated rings. The van der Waals surface area contributed by atoms with Gasteiger partial charge in [-0.05, 0) is 101 Å². The smallest absolute Gasteiger partial charge is 0.324 e. The average molecular weight is 506 g/mol. The molecule has 2 amide bonds. The second kappa shape index (κ2) is 13.0. The highest BCUT2D eigenvalue weighted by atomic mass is 35.5. The summed E-state index contributed by atoms with van der Waals surface area (Å²) in [7, 11) is 0. The van der Waals surface area contributed by atoms with Gasteiger partial charge in [0, 0.05) is 44.3 Å². The van der Waals surface area contributed by atoms with E-state index < -0.39 is 0 Å². The minimum atomic E-state index is -0.0821. The predicted molar refractivity (Wildman–Crippen MR) is 143 cm³/mol. The van der Waals surface area contributed by atoms with E-state index >= 15 is 0 Å². The van der Waals surface area contributed by atoms with Crippen molar-refractivity contribution in [1.29, 1.82) is 0 Å². The van der Waals surface area contributed by atoms with Crippen molar-refractivity contribution in [2.24, 2.45) is 5.92 Å². The highest BCUT2D eigenvalue weighted by Gasteiger charge is 2.36. The van der Waals surface area contributed by atoms with Gasteiger partial charge in [0.15, 0.2) is 0 Å². The number of rotatable bonds is 8. The number of halogens is 1. The van der Waals surface area contributed by atoms with Crippen LogP contribution in [0.3, 0.4) is 0 Å². The molecule has 3 aliphatic rings. The van der Waals surface area contributed by atoms with E-state index in [9.17, 15) is 9.59 Å². The van der Waals surface area contributed by atoms with Gasteiger partial charge < -0.3 is 14.5 Å². The number of carbonyl (C=O) groups is 2. The van der Waals surface area contributed by atoms with Crippen LogP contribution in [-0.2, 0) is 22.4 Å². The number of fused-ring (bicyclic) bond motifs is 1. The van der Waals surface area contributed by atoms with Gasteiger partial charge >= 0.3 is 12.0 Å². The van der Waals surface area contributed by atoms with Crippen LogP contribution in [-0.4, -0.2) is 66.7 Å². The lowest BCUT2D eigenvalue weighted by atomic mass is 9.83. The average Bonchev–Trinajstić information content (AvgIpc) is 3.08. The first-order valence-corrected chi connectivity index (χ1v) is 13.6. The molecule has 1 aliphatic carbocycles. The number of benzene rings is 1. The van der Waals surface area contributed by atoms with Crippen molar-refractivity contribution >= 4 is 30.1 Å². The number of esters is 1. The SMILES string of the molecule is CCCN1CCc2ccc(N3CCN(C4CCC(CCC(=O)OC(C)C)CC4)C3=O)cc2CC1.Cl. The molecule has 0 spiro atoms. The lowest BCUT2D eigenvalue weighted by Gasteiger charge is -2.34. The summed E-state index contributed by atoms with van der Waals surface area (Å²) in [5, 5.41) is 0. The van der Waals surface area contributed by atoms with E-state index in [-0.39, 0.29) is 30.5 Å². The minimum absolute atomic E-state index is 0. The summed E-state index contributed by atoms with van der Waals surface area (Å²) < 4.78 is 5.27. The third-order valence-electron chi connectivity index (χ3n) is 7.86. The van der Waals surface area contributed by atoms with Gasteiger partial charge in [-0.2, -0.15) is 0 Å². The lowest BCUT2D eigenvalue weighted by Crippen LogP contribution is -2.41. The zero-order valence-corrected chi connectivity index (χ0v) is 22.7. The van der Waals surface area contributed by atoms with E-state index in [0.717, 1.165) is 76.8 Å². The standard InChI is InChI=1S/C28H43N3O3.ClH/c1-4-15-29-16-13-23-8-11-26(20-24(23)14-17-29)31-19-18-30(28(31)33)25-9-5-22(6-10-25)7-12-27(32)34-21(2)3;/h8,11,20-22,25H,4-7,9-10,12-19H2,1-3H3;1H. The van der Waals surface area contributed by atoms with Gasteiger partial charge in [0.05, 0.1) is 6.10 Å².